The number of hydrogen-bond acceptors (Lipinski definition) is 4. The van der Waals surface area contributed by atoms with Crippen molar-refractivity contribution in [3.63, 3.8) is 0 Å². The first-order chi connectivity index (χ1) is 10.4. The first-order valence-electron chi connectivity index (χ1n) is 7.00. The van der Waals surface area contributed by atoms with E-state index < -0.39 is 16.1 Å². The van der Waals surface area contributed by atoms with Gasteiger partial charge in [-0.1, -0.05) is 15.9 Å². The van der Waals surface area contributed by atoms with Gasteiger partial charge in [-0.3, -0.25) is 4.79 Å². The van der Waals surface area contributed by atoms with Gasteiger partial charge in [0.15, 0.2) is 0 Å². The van der Waals surface area contributed by atoms with Crippen molar-refractivity contribution < 1.29 is 17.9 Å². The van der Waals surface area contributed by atoms with Gasteiger partial charge >= 0.3 is 0 Å². The predicted octanol–water partition coefficient (Wildman–Crippen LogP) is 1.66. The monoisotopic (exact) mass is 392 g/mol. The molecule has 0 saturated carbocycles. The zero-order chi connectivity index (χ0) is 16.6. The molecule has 0 radical (unpaired) electrons. The van der Waals surface area contributed by atoms with Crippen LogP contribution in [0.3, 0.4) is 0 Å². The second-order valence-electron chi connectivity index (χ2n) is 4.64. The Hall–Kier alpha value is -0.960. The Morgan fingerprint density at radius 3 is 2.55 bits per heavy atom. The minimum Gasteiger partial charge on any atom is -0.382 e. The number of rotatable bonds is 9. The van der Waals surface area contributed by atoms with E-state index in [0.717, 1.165) is 4.47 Å². The van der Waals surface area contributed by atoms with E-state index in [0.29, 0.717) is 26.2 Å². The molecule has 0 aliphatic carbocycles. The molecule has 1 aromatic rings. The molecule has 2 N–H and O–H groups in total. The molecule has 0 fully saturated rings. The van der Waals surface area contributed by atoms with Crippen molar-refractivity contribution in [2.24, 2.45) is 0 Å². The highest BCUT2D eigenvalue weighted by Gasteiger charge is 2.21. The average molecular weight is 393 g/mol. The molecule has 6 nitrogen and oxygen atoms in total. The van der Waals surface area contributed by atoms with Crippen LogP contribution < -0.4 is 10.0 Å². The third kappa shape index (κ3) is 6.43. The summed E-state index contributed by atoms with van der Waals surface area (Å²) >= 11 is 3.24. The lowest BCUT2D eigenvalue weighted by Gasteiger charge is -2.14. The molecule has 8 heteroatoms. The molecule has 0 aliphatic heterocycles. The topological polar surface area (TPSA) is 84.5 Å². The molecule has 0 aromatic heterocycles. The largest absolute Gasteiger partial charge is 0.382 e. The van der Waals surface area contributed by atoms with Crippen molar-refractivity contribution in [3.8, 4) is 0 Å². The van der Waals surface area contributed by atoms with Gasteiger partial charge in [-0.2, -0.15) is 4.72 Å². The number of halogens is 1. The van der Waals surface area contributed by atoms with Crippen LogP contribution in [0.15, 0.2) is 33.6 Å². The summed E-state index contributed by atoms with van der Waals surface area (Å²) in [5.74, 6) is -0.364. The summed E-state index contributed by atoms with van der Waals surface area (Å²) in [7, 11) is -3.72. The van der Waals surface area contributed by atoms with E-state index in [-0.39, 0.29) is 10.8 Å². The Labute approximate surface area is 139 Å². The lowest BCUT2D eigenvalue weighted by Crippen LogP contribution is -2.45. The van der Waals surface area contributed by atoms with Gasteiger partial charge in [0, 0.05) is 24.2 Å². The lowest BCUT2D eigenvalue weighted by atomic mass is 10.3. The number of benzene rings is 1. The number of amides is 1. The standard InChI is InChI=1S/C14H21BrN2O4S/c1-3-21-10-4-9-16-14(18)11(2)17-22(19,20)13-7-5-12(15)6-8-13/h5-8,11,17H,3-4,9-10H2,1-2H3,(H,16,18). The molecule has 1 rings (SSSR count). The van der Waals surface area contributed by atoms with Gasteiger partial charge in [-0.15, -0.1) is 0 Å². The highest BCUT2D eigenvalue weighted by atomic mass is 79.9. The summed E-state index contributed by atoms with van der Waals surface area (Å²) < 4.78 is 32.6. The number of carbonyl (C=O) groups excluding carboxylic acids is 1. The molecule has 0 heterocycles. The van der Waals surface area contributed by atoms with Gasteiger partial charge in [-0.25, -0.2) is 8.42 Å². The summed E-state index contributed by atoms with van der Waals surface area (Å²) in [6, 6.07) is 5.36. The third-order valence-electron chi connectivity index (χ3n) is 2.82. The van der Waals surface area contributed by atoms with Crippen LogP contribution in [-0.2, 0) is 19.6 Å². The Bertz CT molecular complexity index is 575. The fourth-order valence-electron chi connectivity index (χ4n) is 1.65. The summed E-state index contributed by atoms with van der Waals surface area (Å²) in [5.41, 5.74) is 0. The Morgan fingerprint density at radius 1 is 1.32 bits per heavy atom. The van der Waals surface area contributed by atoms with Gasteiger partial charge in [0.1, 0.15) is 0 Å². The maximum atomic E-state index is 12.1. The molecule has 1 unspecified atom stereocenters. The molecule has 1 amide bonds. The van der Waals surface area contributed by atoms with Gasteiger partial charge < -0.3 is 10.1 Å². The van der Waals surface area contributed by atoms with E-state index >= 15 is 0 Å². The van der Waals surface area contributed by atoms with Gasteiger partial charge in [-0.05, 0) is 44.5 Å². The Balaban J connectivity index is 2.50. The first kappa shape index (κ1) is 19.1. The van der Waals surface area contributed by atoms with Gasteiger partial charge in [0.25, 0.3) is 0 Å². The van der Waals surface area contributed by atoms with E-state index in [9.17, 15) is 13.2 Å². The lowest BCUT2D eigenvalue weighted by molar-refractivity contribution is -0.122. The molecule has 0 aliphatic rings. The van der Waals surface area contributed by atoms with E-state index in [4.69, 9.17) is 4.74 Å². The van der Waals surface area contributed by atoms with Crippen molar-refractivity contribution in [1.82, 2.24) is 10.0 Å². The highest BCUT2D eigenvalue weighted by Crippen LogP contribution is 2.14. The van der Waals surface area contributed by atoms with Crippen LogP contribution in [0.25, 0.3) is 0 Å². The zero-order valence-corrected chi connectivity index (χ0v) is 15.0. The normalized spacial score (nSPS) is 12.9. The molecule has 124 valence electrons. The van der Waals surface area contributed by atoms with Crippen LogP contribution in [0.4, 0.5) is 0 Å². The molecular weight excluding hydrogens is 372 g/mol. The van der Waals surface area contributed by atoms with Crippen LogP contribution in [0.5, 0.6) is 0 Å². The van der Waals surface area contributed by atoms with Crippen LogP contribution in [-0.4, -0.2) is 40.1 Å². The second kappa shape index (κ2) is 9.24. The predicted molar refractivity (Wildman–Crippen MR) is 88.0 cm³/mol. The highest BCUT2D eigenvalue weighted by molar-refractivity contribution is 9.10. The van der Waals surface area contributed by atoms with Crippen LogP contribution >= 0.6 is 15.9 Å². The fraction of sp³-hybridized carbons (Fsp3) is 0.500. The maximum Gasteiger partial charge on any atom is 0.241 e. The smallest absolute Gasteiger partial charge is 0.241 e. The third-order valence-corrected chi connectivity index (χ3v) is 4.90. The quantitative estimate of drug-likeness (QED) is 0.625. The molecule has 1 atom stereocenters. The van der Waals surface area contributed by atoms with Crippen LogP contribution in [0.1, 0.15) is 20.3 Å². The molecule has 22 heavy (non-hydrogen) atoms. The number of sulfonamides is 1. The minimum absolute atomic E-state index is 0.117. The SMILES string of the molecule is CCOCCCNC(=O)C(C)NS(=O)(=O)c1ccc(Br)cc1. The molecule has 0 spiro atoms. The molecular formula is C14H21BrN2O4S. The fourth-order valence-corrected chi connectivity index (χ4v) is 3.12. The molecule has 0 saturated heterocycles. The van der Waals surface area contributed by atoms with Crippen LogP contribution in [0.2, 0.25) is 0 Å². The van der Waals surface area contributed by atoms with Crippen molar-refractivity contribution in [2.75, 3.05) is 19.8 Å². The number of carbonyl (C=O) groups is 1. The second-order valence-corrected chi connectivity index (χ2v) is 7.27. The maximum absolute atomic E-state index is 12.1. The number of ether oxygens (including phenoxy) is 1. The Morgan fingerprint density at radius 2 is 1.95 bits per heavy atom. The number of nitrogens with one attached hydrogen (secondary N) is 2. The minimum atomic E-state index is -3.72. The van der Waals surface area contributed by atoms with E-state index in [2.05, 4.69) is 26.0 Å². The first-order valence-corrected chi connectivity index (χ1v) is 9.27. The summed E-state index contributed by atoms with van der Waals surface area (Å²) in [6.07, 6.45) is 0.686. The summed E-state index contributed by atoms with van der Waals surface area (Å²) in [5, 5.41) is 2.67. The van der Waals surface area contributed by atoms with Gasteiger partial charge in [0.05, 0.1) is 10.9 Å². The van der Waals surface area contributed by atoms with Crippen LogP contribution in [0, 0.1) is 0 Å². The van der Waals surface area contributed by atoms with Crippen molar-refractivity contribution in [2.45, 2.75) is 31.2 Å². The van der Waals surface area contributed by atoms with Crippen molar-refractivity contribution in [3.05, 3.63) is 28.7 Å². The zero-order valence-electron chi connectivity index (χ0n) is 12.6. The molecule has 1 aromatic carbocycles. The Kier molecular flexibility index (Phi) is 8.02. The average Bonchev–Trinajstić information content (AvgIpc) is 2.46. The summed E-state index contributed by atoms with van der Waals surface area (Å²) in [6.45, 7) is 5.06. The number of hydrogen-bond donors (Lipinski definition) is 2. The van der Waals surface area contributed by atoms with Crippen molar-refractivity contribution in [1.29, 1.82) is 0 Å². The van der Waals surface area contributed by atoms with Gasteiger partial charge in [0.2, 0.25) is 15.9 Å². The summed E-state index contributed by atoms with van der Waals surface area (Å²) in [4.78, 5) is 12.0. The van der Waals surface area contributed by atoms with Crippen molar-refractivity contribution >= 4 is 31.9 Å². The van der Waals surface area contributed by atoms with E-state index in [1.165, 1.54) is 19.1 Å². The van der Waals surface area contributed by atoms with E-state index in [1.807, 2.05) is 6.92 Å². The molecule has 0 bridgehead atoms. The van der Waals surface area contributed by atoms with E-state index in [1.54, 1.807) is 12.1 Å².